The molecule has 1 saturated carbocycles. The van der Waals surface area contributed by atoms with Crippen molar-refractivity contribution in [2.75, 3.05) is 18.4 Å². The molecular weight excluding hydrogens is 406 g/mol. The standard InChI is InChI=1S/C19H23F4N5O2/c1-10(2)28-18(29-13-5-6-15(14(20)7-13)30-19(21,22)23)26-17(27-28)25-16-11-3-4-12(16)9-24-8-11/h5-7,10-12,16,24H,3-4,8-9H2,1-2H3,(H,25,27)/t11-,12+,16?. The number of fused-ring (bicyclic) bond motifs is 2. The Kier molecular flexibility index (Phi) is 5.48. The Morgan fingerprint density at radius 2 is 1.90 bits per heavy atom. The lowest BCUT2D eigenvalue weighted by Crippen LogP contribution is -2.45. The maximum atomic E-state index is 14.0. The molecule has 11 heteroatoms. The average Bonchev–Trinajstić information content (AvgIpc) is 3.12. The summed E-state index contributed by atoms with van der Waals surface area (Å²) < 4.78 is 61.7. The molecule has 1 aromatic carbocycles. The Morgan fingerprint density at radius 1 is 1.20 bits per heavy atom. The zero-order valence-corrected chi connectivity index (χ0v) is 16.5. The van der Waals surface area contributed by atoms with Gasteiger partial charge in [0.2, 0.25) is 5.95 Å². The first-order valence-electron chi connectivity index (χ1n) is 9.86. The summed E-state index contributed by atoms with van der Waals surface area (Å²) in [6, 6.07) is 3.17. The van der Waals surface area contributed by atoms with E-state index in [0.29, 0.717) is 17.8 Å². The van der Waals surface area contributed by atoms with Gasteiger partial charge in [-0.25, -0.2) is 9.07 Å². The molecule has 2 aromatic rings. The first-order chi connectivity index (χ1) is 14.2. The third-order valence-electron chi connectivity index (χ3n) is 5.46. The number of rotatable bonds is 6. The number of benzene rings is 1. The minimum atomic E-state index is -4.98. The van der Waals surface area contributed by atoms with Crippen molar-refractivity contribution in [2.45, 2.75) is 45.1 Å². The van der Waals surface area contributed by atoms with E-state index in [2.05, 4.69) is 25.5 Å². The van der Waals surface area contributed by atoms with Crippen molar-refractivity contribution in [1.29, 1.82) is 0 Å². The molecule has 2 N–H and O–H groups in total. The number of hydrogen-bond acceptors (Lipinski definition) is 6. The Balaban J connectivity index is 1.52. The number of piperidine rings is 1. The van der Waals surface area contributed by atoms with Gasteiger partial charge in [-0.15, -0.1) is 18.3 Å². The van der Waals surface area contributed by atoms with E-state index < -0.39 is 17.9 Å². The highest BCUT2D eigenvalue weighted by Crippen LogP contribution is 2.36. The van der Waals surface area contributed by atoms with Crippen LogP contribution in [0, 0.1) is 17.7 Å². The predicted octanol–water partition coefficient (Wildman–Crippen LogP) is 4.10. The molecule has 0 radical (unpaired) electrons. The van der Waals surface area contributed by atoms with Gasteiger partial charge in [0.05, 0.1) is 6.04 Å². The fourth-order valence-corrected chi connectivity index (χ4v) is 4.10. The lowest BCUT2D eigenvalue weighted by Gasteiger charge is -2.30. The van der Waals surface area contributed by atoms with Crippen molar-refractivity contribution in [2.24, 2.45) is 11.8 Å². The molecule has 2 heterocycles. The molecule has 1 unspecified atom stereocenters. The first kappa shape index (κ1) is 20.7. The highest BCUT2D eigenvalue weighted by molar-refractivity contribution is 5.36. The molecule has 7 nitrogen and oxygen atoms in total. The van der Waals surface area contributed by atoms with Crippen molar-refractivity contribution in [3.63, 3.8) is 0 Å². The molecule has 30 heavy (non-hydrogen) atoms. The number of nitrogens with one attached hydrogen (secondary N) is 2. The lowest BCUT2D eigenvalue weighted by atomic mass is 9.94. The Bertz CT molecular complexity index is 886. The van der Waals surface area contributed by atoms with Crippen molar-refractivity contribution >= 4 is 5.95 Å². The number of nitrogens with zero attached hydrogens (tertiary/aromatic N) is 3. The SMILES string of the molecule is CC(C)n1nc(NC2[C@@H]3CC[C@H]2CNC3)nc1Oc1ccc(OC(F)(F)F)c(F)c1. The first-order valence-corrected chi connectivity index (χ1v) is 9.86. The van der Waals surface area contributed by atoms with Gasteiger partial charge in [-0.2, -0.15) is 4.98 Å². The van der Waals surface area contributed by atoms with E-state index in [1.165, 1.54) is 6.07 Å². The number of aromatic nitrogens is 3. The largest absolute Gasteiger partial charge is 0.573 e. The van der Waals surface area contributed by atoms with Gasteiger partial charge in [0.15, 0.2) is 11.6 Å². The summed E-state index contributed by atoms with van der Waals surface area (Å²) in [5.41, 5.74) is 0. The van der Waals surface area contributed by atoms with Gasteiger partial charge < -0.3 is 20.1 Å². The maximum absolute atomic E-state index is 14.0. The van der Waals surface area contributed by atoms with Gasteiger partial charge in [-0.1, -0.05) is 0 Å². The summed E-state index contributed by atoms with van der Waals surface area (Å²) in [6.45, 7) is 5.68. The van der Waals surface area contributed by atoms with Crippen LogP contribution < -0.4 is 20.1 Å². The molecule has 0 spiro atoms. The smallest absolute Gasteiger partial charge is 0.424 e. The molecule has 164 valence electrons. The van der Waals surface area contributed by atoms with Crippen LogP contribution in [0.25, 0.3) is 0 Å². The third kappa shape index (κ3) is 4.45. The number of anilines is 1. The van der Waals surface area contributed by atoms with E-state index in [4.69, 9.17) is 4.74 Å². The van der Waals surface area contributed by atoms with Crippen LogP contribution in [0.3, 0.4) is 0 Å². The normalized spacial score (nSPS) is 23.6. The number of ether oxygens (including phenoxy) is 2. The average molecular weight is 429 g/mol. The van der Waals surface area contributed by atoms with Gasteiger partial charge in [0.25, 0.3) is 0 Å². The topological polar surface area (TPSA) is 73.2 Å². The molecule has 2 bridgehead atoms. The minimum absolute atomic E-state index is 0.00943. The molecule has 2 aliphatic rings. The summed E-state index contributed by atoms with van der Waals surface area (Å²) in [5.74, 6) is -0.692. The second-order valence-electron chi connectivity index (χ2n) is 7.92. The summed E-state index contributed by atoms with van der Waals surface area (Å²) in [7, 11) is 0. The fourth-order valence-electron chi connectivity index (χ4n) is 4.10. The van der Waals surface area contributed by atoms with Crippen molar-refractivity contribution in [1.82, 2.24) is 20.1 Å². The van der Waals surface area contributed by atoms with E-state index in [0.717, 1.165) is 38.1 Å². The quantitative estimate of drug-likeness (QED) is 0.674. The predicted molar refractivity (Wildman–Crippen MR) is 100 cm³/mol. The summed E-state index contributed by atoms with van der Waals surface area (Å²) in [4.78, 5) is 4.39. The van der Waals surface area contributed by atoms with Crippen LogP contribution in [0.2, 0.25) is 0 Å². The van der Waals surface area contributed by atoms with Gasteiger partial charge in [-0.05, 0) is 63.7 Å². The van der Waals surface area contributed by atoms with Gasteiger partial charge in [0.1, 0.15) is 5.75 Å². The van der Waals surface area contributed by atoms with E-state index >= 15 is 0 Å². The van der Waals surface area contributed by atoms with Crippen molar-refractivity contribution in [3.05, 3.63) is 24.0 Å². The molecule has 4 rings (SSSR count). The Labute approximate surface area is 170 Å². The second-order valence-corrected chi connectivity index (χ2v) is 7.92. The summed E-state index contributed by atoms with van der Waals surface area (Å²) in [6.07, 6.45) is -2.68. The molecule has 1 saturated heterocycles. The van der Waals surface area contributed by atoms with E-state index in [1.807, 2.05) is 13.8 Å². The van der Waals surface area contributed by atoms with Crippen LogP contribution in [-0.4, -0.2) is 40.3 Å². The van der Waals surface area contributed by atoms with E-state index in [1.54, 1.807) is 4.68 Å². The molecule has 2 fully saturated rings. The van der Waals surface area contributed by atoms with Crippen LogP contribution in [0.5, 0.6) is 17.5 Å². The molecule has 0 amide bonds. The monoisotopic (exact) mass is 429 g/mol. The van der Waals surface area contributed by atoms with Crippen LogP contribution in [0.4, 0.5) is 23.5 Å². The number of hydrogen-bond donors (Lipinski definition) is 2. The van der Waals surface area contributed by atoms with E-state index in [9.17, 15) is 17.6 Å². The molecule has 1 aromatic heterocycles. The van der Waals surface area contributed by atoms with Gasteiger partial charge in [-0.3, -0.25) is 0 Å². The highest BCUT2D eigenvalue weighted by Gasteiger charge is 2.39. The minimum Gasteiger partial charge on any atom is -0.424 e. The van der Waals surface area contributed by atoms with Crippen molar-refractivity contribution in [3.8, 4) is 17.5 Å². The van der Waals surface area contributed by atoms with Crippen LogP contribution in [0.1, 0.15) is 32.7 Å². The third-order valence-corrected chi connectivity index (χ3v) is 5.46. The van der Waals surface area contributed by atoms with Crippen LogP contribution in [0.15, 0.2) is 18.2 Å². The second kappa shape index (κ2) is 7.93. The molecule has 3 atom stereocenters. The van der Waals surface area contributed by atoms with Gasteiger partial charge in [0, 0.05) is 12.1 Å². The number of halogens is 4. The maximum Gasteiger partial charge on any atom is 0.573 e. The Hall–Kier alpha value is -2.56. The number of alkyl halides is 3. The van der Waals surface area contributed by atoms with Gasteiger partial charge >= 0.3 is 12.4 Å². The summed E-state index contributed by atoms with van der Waals surface area (Å²) in [5, 5.41) is 11.3. The highest BCUT2D eigenvalue weighted by atomic mass is 19.4. The van der Waals surface area contributed by atoms with Crippen molar-refractivity contribution < 1.29 is 27.0 Å². The lowest BCUT2D eigenvalue weighted by molar-refractivity contribution is -0.275. The van der Waals surface area contributed by atoms with E-state index in [-0.39, 0.29) is 23.8 Å². The summed E-state index contributed by atoms with van der Waals surface area (Å²) >= 11 is 0. The fraction of sp³-hybridized carbons (Fsp3) is 0.579. The molecular formula is C19H23F4N5O2. The Morgan fingerprint density at radius 3 is 2.50 bits per heavy atom. The zero-order valence-electron chi connectivity index (χ0n) is 16.5. The van der Waals surface area contributed by atoms with Crippen LogP contribution >= 0.6 is 0 Å². The molecule has 1 aliphatic carbocycles. The molecule has 1 aliphatic heterocycles. The zero-order chi connectivity index (χ0) is 21.5. The van der Waals surface area contributed by atoms with Crippen LogP contribution in [-0.2, 0) is 0 Å².